The molecule has 0 bridgehead atoms. The summed E-state index contributed by atoms with van der Waals surface area (Å²) in [7, 11) is 0. The van der Waals surface area contributed by atoms with E-state index in [1.165, 1.54) is 0 Å². The molecule has 1 N–H and O–H groups in total. The maximum Gasteiger partial charge on any atom is 0.336 e. The molecular formula is C20H12ClF4N3O2S. The second-order valence-corrected chi connectivity index (χ2v) is 8.04. The number of benzene rings is 2. The third kappa shape index (κ3) is 4.26. The Morgan fingerprint density at radius 1 is 1.29 bits per heavy atom. The van der Waals surface area contributed by atoms with Crippen LogP contribution < -0.4 is 5.01 Å². The molecule has 0 aliphatic heterocycles. The van der Waals surface area contributed by atoms with E-state index < -0.39 is 40.9 Å². The van der Waals surface area contributed by atoms with E-state index in [-0.39, 0.29) is 21.4 Å². The summed E-state index contributed by atoms with van der Waals surface area (Å²) in [6, 6.07) is 7.96. The van der Waals surface area contributed by atoms with Gasteiger partial charge in [-0.2, -0.15) is 9.49 Å². The molecule has 1 fully saturated rings. The van der Waals surface area contributed by atoms with Crippen LogP contribution >= 0.6 is 22.9 Å². The molecule has 31 heavy (non-hydrogen) atoms. The number of hydrazone groups is 1. The Kier molecular flexibility index (Phi) is 5.44. The number of rotatable bonds is 6. The van der Waals surface area contributed by atoms with Gasteiger partial charge in [0.15, 0.2) is 0 Å². The van der Waals surface area contributed by atoms with Crippen LogP contribution in [-0.4, -0.2) is 34.2 Å². The second kappa shape index (κ2) is 7.93. The Morgan fingerprint density at radius 3 is 2.65 bits per heavy atom. The summed E-state index contributed by atoms with van der Waals surface area (Å²) in [6.45, 7) is 0. The van der Waals surface area contributed by atoms with Gasteiger partial charge in [-0.1, -0.05) is 41.1 Å². The van der Waals surface area contributed by atoms with Crippen molar-refractivity contribution in [3.8, 4) is 11.3 Å². The van der Waals surface area contributed by atoms with Crippen LogP contribution in [-0.2, 0) is 0 Å². The maximum absolute atomic E-state index is 14.6. The smallest absolute Gasteiger partial charge is 0.336 e. The number of thiazole rings is 1. The zero-order valence-electron chi connectivity index (χ0n) is 15.4. The summed E-state index contributed by atoms with van der Waals surface area (Å²) in [4.78, 5) is 15.5. The Hall–Kier alpha value is -2.98. The van der Waals surface area contributed by atoms with Crippen molar-refractivity contribution in [2.75, 3.05) is 5.01 Å². The Labute approximate surface area is 182 Å². The number of aromatic carboxylic acids is 1. The van der Waals surface area contributed by atoms with E-state index in [2.05, 4.69) is 10.1 Å². The Balaban J connectivity index is 1.73. The summed E-state index contributed by atoms with van der Waals surface area (Å²) in [6.07, 6.45) is 0.480. The predicted octanol–water partition coefficient (Wildman–Crippen LogP) is 5.69. The first-order valence-corrected chi connectivity index (χ1v) is 10.0. The van der Waals surface area contributed by atoms with Crippen molar-refractivity contribution in [2.45, 2.75) is 18.4 Å². The lowest BCUT2D eigenvalue weighted by atomic mass is 10.1. The van der Waals surface area contributed by atoms with Crippen LogP contribution in [0.3, 0.4) is 0 Å². The highest BCUT2D eigenvalue weighted by atomic mass is 35.5. The van der Waals surface area contributed by atoms with Crippen molar-refractivity contribution in [3.05, 3.63) is 69.6 Å². The van der Waals surface area contributed by atoms with Crippen molar-refractivity contribution in [2.24, 2.45) is 5.10 Å². The molecule has 1 aromatic heterocycles. The van der Waals surface area contributed by atoms with Crippen molar-refractivity contribution >= 4 is 40.3 Å². The van der Waals surface area contributed by atoms with Gasteiger partial charge in [0.05, 0.1) is 16.8 Å². The van der Waals surface area contributed by atoms with Gasteiger partial charge in [-0.15, -0.1) is 0 Å². The lowest BCUT2D eigenvalue weighted by Crippen LogP contribution is -2.24. The molecule has 11 heteroatoms. The number of nitrogens with zero attached hydrogens (tertiary/aromatic N) is 3. The zero-order chi connectivity index (χ0) is 22.3. The monoisotopic (exact) mass is 469 g/mol. The largest absolute Gasteiger partial charge is 0.478 e. The van der Waals surface area contributed by atoms with Crippen LogP contribution in [0.2, 0.25) is 5.02 Å². The minimum Gasteiger partial charge on any atom is -0.478 e. The molecule has 1 atom stereocenters. The van der Waals surface area contributed by atoms with Gasteiger partial charge in [0, 0.05) is 17.5 Å². The molecular weight excluding hydrogens is 458 g/mol. The molecule has 0 radical (unpaired) electrons. The average molecular weight is 470 g/mol. The summed E-state index contributed by atoms with van der Waals surface area (Å²) in [5.74, 6) is -5.25. The quantitative estimate of drug-likeness (QED) is 0.286. The molecule has 3 aromatic rings. The number of carbonyl (C=O) groups is 1. The van der Waals surface area contributed by atoms with Crippen LogP contribution in [0.1, 0.15) is 22.3 Å². The molecule has 1 saturated carbocycles. The number of hydrogen-bond acceptors (Lipinski definition) is 5. The van der Waals surface area contributed by atoms with Crippen LogP contribution in [0, 0.1) is 10.9 Å². The summed E-state index contributed by atoms with van der Waals surface area (Å²) in [5, 5.41) is 13.4. The summed E-state index contributed by atoms with van der Waals surface area (Å²) in [5.41, 5.74) is -0.218. The molecule has 0 spiro atoms. The van der Waals surface area contributed by atoms with E-state index in [0.717, 1.165) is 29.4 Å². The van der Waals surface area contributed by atoms with Gasteiger partial charge in [0.2, 0.25) is 10.3 Å². The minimum atomic E-state index is -3.07. The molecule has 160 valence electrons. The van der Waals surface area contributed by atoms with E-state index in [0.29, 0.717) is 16.9 Å². The van der Waals surface area contributed by atoms with Gasteiger partial charge < -0.3 is 5.11 Å². The van der Waals surface area contributed by atoms with Gasteiger partial charge >= 0.3 is 5.97 Å². The number of hydrogen-bond donors (Lipinski definition) is 1. The topological polar surface area (TPSA) is 65.8 Å². The highest BCUT2D eigenvalue weighted by molar-refractivity contribution is 7.14. The highest BCUT2D eigenvalue weighted by Crippen LogP contribution is 2.48. The van der Waals surface area contributed by atoms with Crippen LogP contribution in [0.4, 0.5) is 22.7 Å². The van der Waals surface area contributed by atoms with Gasteiger partial charge in [-0.25, -0.2) is 28.0 Å². The first-order valence-electron chi connectivity index (χ1n) is 8.82. The normalized spacial score (nSPS) is 17.1. The first kappa shape index (κ1) is 21.3. The van der Waals surface area contributed by atoms with Gasteiger partial charge in [-0.05, 0) is 24.3 Å². The van der Waals surface area contributed by atoms with Gasteiger partial charge in [0.25, 0.3) is 5.92 Å². The Morgan fingerprint density at radius 2 is 2.00 bits per heavy atom. The zero-order valence-corrected chi connectivity index (χ0v) is 17.0. The molecule has 2 aromatic carbocycles. The van der Waals surface area contributed by atoms with Crippen molar-refractivity contribution in [3.63, 3.8) is 0 Å². The first-order chi connectivity index (χ1) is 14.7. The van der Waals surface area contributed by atoms with Crippen LogP contribution in [0.5, 0.6) is 0 Å². The van der Waals surface area contributed by atoms with Gasteiger partial charge in [-0.3, -0.25) is 0 Å². The molecule has 1 aliphatic carbocycles. The lowest BCUT2D eigenvalue weighted by molar-refractivity contribution is 0.0696. The lowest BCUT2D eigenvalue weighted by Gasteiger charge is -2.15. The van der Waals surface area contributed by atoms with E-state index >= 15 is 0 Å². The van der Waals surface area contributed by atoms with Crippen molar-refractivity contribution in [1.29, 1.82) is 0 Å². The predicted molar refractivity (Wildman–Crippen MR) is 109 cm³/mol. The SMILES string of the molecule is O=C(O)c1cc(F)ccc1/C=N/N(c1nc(-c2ccccc2Cl)c(F)s1)C1CC1(F)F. The van der Waals surface area contributed by atoms with E-state index in [1.54, 1.807) is 24.3 Å². The molecule has 1 aliphatic rings. The van der Waals surface area contributed by atoms with Crippen molar-refractivity contribution in [1.82, 2.24) is 4.98 Å². The minimum absolute atomic E-state index is 0.00813. The second-order valence-electron chi connectivity index (χ2n) is 6.71. The molecule has 4 rings (SSSR count). The van der Waals surface area contributed by atoms with Crippen LogP contribution in [0.15, 0.2) is 47.6 Å². The number of halogens is 5. The fourth-order valence-corrected chi connectivity index (χ4v) is 3.93. The van der Waals surface area contributed by atoms with Gasteiger partial charge in [0.1, 0.15) is 17.6 Å². The molecule has 0 amide bonds. The number of carboxylic acids is 1. The number of alkyl halides is 2. The van der Waals surface area contributed by atoms with E-state index in [1.807, 2.05) is 0 Å². The average Bonchev–Trinajstić information content (AvgIpc) is 3.16. The number of aromatic nitrogens is 1. The fraction of sp³-hybridized carbons (Fsp3) is 0.150. The molecule has 0 saturated heterocycles. The Bertz CT molecular complexity index is 1200. The van der Waals surface area contributed by atoms with Crippen LogP contribution in [0.25, 0.3) is 11.3 Å². The summed E-state index contributed by atoms with van der Waals surface area (Å²) >= 11 is 6.60. The standard InChI is InChI=1S/C20H12ClF4N3O2S/c21-14-4-2-1-3-12(14)16-17(23)31-19(27-16)28(15-8-20(15,24)25)26-9-10-5-6-11(22)7-13(10)18(29)30/h1-7,9,15H,8H2,(H,29,30)/b26-9+. The highest BCUT2D eigenvalue weighted by Gasteiger charge is 2.61. The molecule has 1 heterocycles. The van der Waals surface area contributed by atoms with E-state index in [9.17, 15) is 27.5 Å². The molecule has 1 unspecified atom stereocenters. The number of carboxylic acid groups (broad SMARTS) is 1. The third-order valence-corrected chi connectivity index (χ3v) is 5.72. The molecule has 5 nitrogen and oxygen atoms in total. The maximum atomic E-state index is 14.6. The third-order valence-electron chi connectivity index (χ3n) is 4.55. The fourth-order valence-electron chi connectivity index (χ4n) is 2.89. The summed E-state index contributed by atoms with van der Waals surface area (Å²) < 4.78 is 55.6. The van der Waals surface area contributed by atoms with Crippen molar-refractivity contribution < 1.29 is 27.5 Å². The van der Waals surface area contributed by atoms with E-state index in [4.69, 9.17) is 11.6 Å². The number of anilines is 1.